The van der Waals surface area contributed by atoms with Crippen LogP contribution in [0.1, 0.15) is 39.6 Å². The van der Waals surface area contributed by atoms with Gasteiger partial charge in [-0.15, -0.1) is 0 Å². The van der Waals surface area contributed by atoms with Crippen LogP contribution < -0.4 is 5.32 Å². The molecule has 0 radical (unpaired) electrons. The minimum absolute atomic E-state index is 0.137. The maximum Gasteiger partial charge on any atom is 0.350 e. The molecule has 0 aliphatic heterocycles. The lowest BCUT2D eigenvalue weighted by molar-refractivity contribution is 0.0463. The summed E-state index contributed by atoms with van der Waals surface area (Å²) >= 11 is 0.937. The summed E-state index contributed by atoms with van der Waals surface area (Å²) < 4.78 is 31.6. The van der Waals surface area contributed by atoms with E-state index in [2.05, 4.69) is 10.3 Å². The van der Waals surface area contributed by atoms with E-state index in [4.69, 9.17) is 4.74 Å². The highest BCUT2D eigenvalue weighted by Crippen LogP contribution is 2.24. The van der Waals surface area contributed by atoms with Crippen molar-refractivity contribution in [3.8, 4) is 0 Å². The second kappa shape index (κ2) is 7.48. The first-order chi connectivity index (χ1) is 11.3. The summed E-state index contributed by atoms with van der Waals surface area (Å²) in [5.74, 6) is -2.85. The maximum absolute atomic E-state index is 13.6. The monoisotopic (exact) mass is 354 g/mol. The van der Waals surface area contributed by atoms with Crippen molar-refractivity contribution >= 4 is 28.3 Å². The van der Waals surface area contributed by atoms with E-state index in [9.17, 15) is 18.4 Å². The predicted octanol–water partition coefficient (Wildman–Crippen LogP) is 3.79. The quantitative estimate of drug-likeness (QED) is 0.830. The minimum Gasteiger partial charge on any atom is -0.461 e. The topological polar surface area (TPSA) is 68.3 Å². The van der Waals surface area contributed by atoms with Crippen LogP contribution in [0.25, 0.3) is 0 Å². The number of rotatable bonds is 5. The van der Waals surface area contributed by atoms with Gasteiger partial charge < -0.3 is 4.74 Å². The molecule has 8 heteroatoms. The van der Waals surface area contributed by atoms with Gasteiger partial charge in [-0.05, 0) is 25.0 Å². The van der Waals surface area contributed by atoms with E-state index in [1.807, 2.05) is 13.8 Å². The molecule has 1 aromatic heterocycles. The van der Waals surface area contributed by atoms with Gasteiger partial charge in [-0.2, -0.15) is 0 Å². The Kier molecular flexibility index (Phi) is 5.61. The lowest BCUT2D eigenvalue weighted by atomic mass is 10.2. The highest BCUT2D eigenvalue weighted by molar-refractivity contribution is 7.17. The Balaban J connectivity index is 2.12. The first-order valence-electron chi connectivity index (χ1n) is 7.19. The molecule has 1 heterocycles. The van der Waals surface area contributed by atoms with Crippen LogP contribution in [0.5, 0.6) is 0 Å². The fourth-order valence-corrected chi connectivity index (χ4v) is 2.64. The third kappa shape index (κ3) is 4.35. The zero-order valence-corrected chi connectivity index (χ0v) is 14.2. The van der Waals surface area contributed by atoms with Crippen molar-refractivity contribution in [1.29, 1.82) is 0 Å². The van der Waals surface area contributed by atoms with Crippen molar-refractivity contribution in [3.05, 3.63) is 46.0 Å². The van der Waals surface area contributed by atoms with Crippen LogP contribution in [0.3, 0.4) is 0 Å². The van der Waals surface area contributed by atoms with Crippen LogP contribution in [0.2, 0.25) is 0 Å². The Morgan fingerprint density at radius 3 is 2.67 bits per heavy atom. The van der Waals surface area contributed by atoms with Crippen LogP contribution in [-0.4, -0.2) is 23.5 Å². The van der Waals surface area contributed by atoms with E-state index >= 15 is 0 Å². The standard InChI is InChI=1S/C16H16F2N2O3S/c1-8(2)7-23-15(22)13-9(3)19-16(24-13)20-14(21)11-5-4-10(17)6-12(11)18/h4-6,8H,7H2,1-3H3,(H,19,20,21). The Labute approximate surface area is 141 Å². The van der Waals surface area contributed by atoms with Crippen LogP contribution in [0, 0.1) is 24.5 Å². The molecule has 1 aromatic carbocycles. The lowest BCUT2D eigenvalue weighted by Crippen LogP contribution is -2.13. The first kappa shape index (κ1) is 18.0. The molecule has 1 N–H and O–H groups in total. The molecule has 0 atom stereocenters. The van der Waals surface area contributed by atoms with Crippen molar-refractivity contribution in [2.75, 3.05) is 11.9 Å². The van der Waals surface area contributed by atoms with E-state index in [1.165, 1.54) is 0 Å². The van der Waals surface area contributed by atoms with Crippen LogP contribution >= 0.6 is 11.3 Å². The van der Waals surface area contributed by atoms with Crippen molar-refractivity contribution < 1.29 is 23.1 Å². The van der Waals surface area contributed by atoms with E-state index in [0.717, 1.165) is 23.5 Å². The number of benzene rings is 1. The van der Waals surface area contributed by atoms with E-state index in [-0.39, 0.29) is 28.1 Å². The zero-order chi connectivity index (χ0) is 17.9. The number of carbonyl (C=O) groups excluding carboxylic acids is 2. The molecule has 0 aliphatic rings. The van der Waals surface area contributed by atoms with Gasteiger partial charge in [0.25, 0.3) is 5.91 Å². The number of anilines is 1. The Hall–Kier alpha value is -2.35. The second-order valence-electron chi connectivity index (χ2n) is 5.50. The summed E-state index contributed by atoms with van der Waals surface area (Å²) in [6.45, 7) is 5.71. The molecule has 5 nitrogen and oxygen atoms in total. The average Bonchev–Trinajstić information content (AvgIpc) is 2.85. The molecule has 0 fully saturated rings. The molecule has 0 spiro atoms. The molecule has 0 bridgehead atoms. The van der Waals surface area contributed by atoms with Crippen LogP contribution in [0.15, 0.2) is 18.2 Å². The molecule has 2 rings (SSSR count). The molecule has 128 valence electrons. The number of aryl methyl sites for hydroxylation is 1. The Bertz CT molecular complexity index is 775. The number of aromatic nitrogens is 1. The molecular weight excluding hydrogens is 338 g/mol. The molecule has 0 aliphatic carbocycles. The highest BCUT2D eigenvalue weighted by atomic mass is 32.1. The van der Waals surface area contributed by atoms with E-state index in [0.29, 0.717) is 11.8 Å². The average molecular weight is 354 g/mol. The van der Waals surface area contributed by atoms with Gasteiger partial charge in [0, 0.05) is 6.07 Å². The first-order valence-corrected chi connectivity index (χ1v) is 8.00. The summed E-state index contributed by atoms with van der Waals surface area (Å²) in [6, 6.07) is 2.65. The molecule has 0 saturated carbocycles. The van der Waals surface area contributed by atoms with Crippen molar-refractivity contribution in [3.63, 3.8) is 0 Å². The third-order valence-electron chi connectivity index (χ3n) is 2.93. The highest BCUT2D eigenvalue weighted by Gasteiger charge is 2.20. The number of nitrogens with zero attached hydrogens (tertiary/aromatic N) is 1. The lowest BCUT2D eigenvalue weighted by Gasteiger charge is -2.05. The number of nitrogens with one attached hydrogen (secondary N) is 1. The Morgan fingerprint density at radius 1 is 1.33 bits per heavy atom. The SMILES string of the molecule is Cc1nc(NC(=O)c2ccc(F)cc2F)sc1C(=O)OCC(C)C. The van der Waals surface area contributed by atoms with Gasteiger partial charge in [0.15, 0.2) is 5.13 Å². The zero-order valence-electron chi connectivity index (χ0n) is 13.4. The summed E-state index contributed by atoms with van der Waals surface area (Å²) in [5.41, 5.74) is 0.0943. The molecule has 2 aromatic rings. The number of thiazole rings is 1. The number of hydrogen-bond acceptors (Lipinski definition) is 5. The fraction of sp³-hybridized carbons (Fsp3) is 0.312. The fourth-order valence-electron chi connectivity index (χ4n) is 1.79. The summed E-state index contributed by atoms with van der Waals surface area (Å²) in [7, 11) is 0. The smallest absolute Gasteiger partial charge is 0.350 e. The van der Waals surface area contributed by atoms with Crippen molar-refractivity contribution in [1.82, 2.24) is 4.98 Å². The second-order valence-corrected chi connectivity index (χ2v) is 6.50. The molecule has 1 amide bonds. The Morgan fingerprint density at radius 2 is 2.04 bits per heavy atom. The third-order valence-corrected chi connectivity index (χ3v) is 3.98. The van der Waals surface area contributed by atoms with Gasteiger partial charge >= 0.3 is 5.97 Å². The molecule has 24 heavy (non-hydrogen) atoms. The van der Waals surface area contributed by atoms with Gasteiger partial charge in [0.1, 0.15) is 16.5 Å². The number of carbonyl (C=O) groups is 2. The largest absolute Gasteiger partial charge is 0.461 e. The van der Waals surface area contributed by atoms with Crippen molar-refractivity contribution in [2.24, 2.45) is 5.92 Å². The number of esters is 1. The number of amides is 1. The molecular formula is C16H16F2N2O3S. The summed E-state index contributed by atoms with van der Waals surface area (Å²) in [4.78, 5) is 28.3. The maximum atomic E-state index is 13.6. The van der Waals surface area contributed by atoms with E-state index < -0.39 is 23.5 Å². The molecule has 0 unspecified atom stereocenters. The van der Waals surface area contributed by atoms with Crippen LogP contribution in [-0.2, 0) is 4.74 Å². The summed E-state index contributed by atoms with van der Waals surface area (Å²) in [6.07, 6.45) is 0. The van der Waals surface area contributed by atoms with Crippen LogP contribution in [0.4, 0.5) is 13.9 Å². The van der Waals surface area contributed by atoms with Gasteiger partial charge in [-0.1, -0.05) is 25.2 Å². The number of halogens is 2. The number of ether oxygens (including phenoxy) is 1. The summed E-state index contributed by atoms with van der Waals surface area (Å²) in [5, 5.41) is 2.53. The normalized spacial score (nSPS) is 10.8. The number of hydrogen-bond donors (Lipinski definition) is 1. The van der Waals surface area contributed by atoms with E-state index in [1.54, 1.807) is 6.92 Å². The molecule has 0 saturated heterocycles. The van der Waals surface area contributed by atoms with Gasteiger partial charge in [-0.25, -0.2) is 18.6 Å². The van der Waals surface area contributed by atoms with Gasteiger partial charge in [0.2, 0.25) is 0 Å². The minimum atomic E-state index is -0.975. The predicted molar refractivity (Wildman–Crippen MR) is 86.3 cm³/mol. The van der Waals surface area contributed by atoms with Gasteiger partial charge in [-0.3, -0.25) is 10.1 Å². The van der Waals surface area contributed by atoms with Crippen molar-refractivity contribution in [2.45, 2.75) is 20.8 Å². The van der Waals surface area contributed by atoms with Gasteiger partial charge in [0.05, 0.1) is 17.9 Å².